The number of fused-ring (bicyclic) bond motifs is 1. The molecule has 5 nitrogen and oxygen atoms in total. The number of piperidine rings is 1. The van der Waals surface area contributed by atoms with E-state index in [9.17, 15) is 4.79 Å². The largest absolute Gasteiger partial charge is 0.337 e. The quantitative estimate of drug-likeness (QED) is 0.714. The number of aromatic nitrogens is 2. The Kier molecular flexibility index (Phi) is 6.37. The van der Waals surface area contributed by atoms with Crippen molar-refractivity contribution in [2.45, 2.75) is 31.8 Å². The number of carbonyl (C=O) groups excluding carboxylic acids is 1. The molecular formula is C22H27ClN4O. The molecule has 1 saturated heterocycles. The van der Waals surface area contributed by atoms with E-state index in [0.29, 0.717) is 13.1 Å². The van der Waals surface area contributed by atoms with E-state index in [2.05, 4.69) is 59.8 Å². The molecule has 0 aliphatic carbocycles. The molecule has 6 heteroatoms. The maximum Gasteiger partial charge on any atom is 0.250 e. The third kappa shape index (κ3) is 3.77. The van der Waals surface area contributed by atoms with Crippen molar-refractivity contribution in [3.05, 3.63) is 66.5 Å². The minimum atomic E-state index is -0.582. The maximum atomic E-state index is 13.7. The number of benzene rings is 2. The normalized spacial score (nSPS) is 15.8. The first kappa shape index (κ1) is 20.4. The summed E-state index contributed by atoms with van der Waals surface area (Å²) in [5.41, 5.74) is 0.579. The Morgan fingerprint density at radius 1 is 1.14 bits per heavy atom. The highest BCUT2D eigenvalue weighted by Crippen LogP contribution is 2.30. The van der Waals surface area contributed by atoms with Crippen molar-refractivity contribution in [3.8, 4) is 0 Å². The number of amides is 1. The molecule has 1 aliphatic heterocycles. The van der Waals surface area contributed by atoms with Crippen LogP contribution in [-0.4, -0.2) is 40.2 Å². The second-order valence-corrected chi connectivity index (χ2v) is 7.23. The second-order valence-electron chi connectivity index (χ2n) is 7.23. The van der Waals surface area contributed by atoms with Gasteiger partial charge in [-0.1, -0.05) is 36.4 Å². The molecule has 2 heterocycles. The fourth-order valence-corrected chi connectivity index (χ4v) is 4.08. The van der Waals surface area contributed by atoms with Crippen molar-refractivity contribution >= 4 is 29.1 Å². The molecule has 1 aliphatic rings. The number of carbonyl (C=O) groups is 1. The smallest absolute Gasteiger partial charge is 0.250 e. The van der Waals surface area contributed by atoms with Gasteiger partial charge < -0.3 is 10.2 Å². The second kappa shape index (κ2) is 8.76. The molecule has 0 saturated carbocycles. The van der Waals surface area contributed by atoms with Crippen LogP contribution in [-0.2, 0) is 16.9 Å². The molecule has 1 N–H and O–H groups in total. The molecule has 148 valence electrons. The van der Waals surface area contributed by atoms with Crippen molar-refractivity contribution < 1.29 is 4.79 Å². The fourth-order valence-electron chi connectivity index (χ4n) is 4.08. The number of nitrogens with one attached hydrogen (secondary N) is 1. The molecular weight excluding hydrogens is 372 g/mol. The Hall–Kier alpha value is -2.37. The Labute approximate surface area is 172 Å². The van der Waals surface area contributed by atoms with Crippen LogP contribution in [0.25, 0.3) is 10.8 Å². The number of halogens is 1. The predicted molar refractivity (Wildman–Crippen MR) is 115 cm³/mol. The van der Waals surface area contributed by atoms with Crippen LogP contribution in [0.2, 0.25) is 0 Å². The topological polar surface area (TPSA) is 50.2 Å². The Morgan fingerprint density at radius 2 is 1.89 bits per heavy atom. The van der Waals surface area contributed by atoms with Crippen LogP contribution < -0.4 is 5.32 Å². The van der Waals surface area contributed by atoms with Crippen LogP contribution in [0.5, 0.6) is 0 Å². The van der Waals surface area contributed by atoms with Crippen molar-refractivity contribution in [1.82, 2.24) is 20.0 Å². The molecule has 1 aromatic heterocycles. The van der Waals surface area contributed by atoms with Gasteiger partial charge in [-0.05, 0) is 61.3 Å². The zero-order chi connectivity index (χ0) is 18.7. The molecule has 0 bridgehead atoms. The van der Waals surface area contributed by atoms with Crippen molar-refractivity contribution in [2.24, 2.45) is 0 Å². The standard InChI is InChI=1S/C22H26N4O.ClH/c1-2-25(17-18-8-9-19-6-3-4-7-20(19)16-18)21(27)22(10-13-23-14-11-22)26-15-5-12-24-26;/h3-9,12,15-16,23H,2,10-11,13-14,17H2,1H3;1H. The van der Waals surface area contributed by atoms with E-state index in [1.165, 1.54) is 10.8 Å². The minimum absolute atomic E-state index is 0. The average molecular weight is 399 g/mol. The molecule has 0 atom stereocenters. The zero-order valence-corrected chi connectivity index (χ0v) is 17.0. The van der Waals surface area contributed by atoms with Crippen LogP contribution in [0.15, 0.2) is 60.9 Å². The maximum absolute atomic E-state index is 13.7. The SMILES string of the molecule is CCN(Cc1ccc2ccccc2c1)C(=O)C1(n2cccn2)CCNCC1.Cl. The Balaban J connectivity index is 0.00000225. The highest BCUT2D eigenvalue weighted by Gasteiger charge is 2.44. The van der Waals surface area contributed by atoms with Gasteiger partial charge in [-0.25, -0.2) is 0 Å². The van der Waals surface area contributed by atoms with E-state index >= 15 is 0 Å². The van der Waals surface area contributed by atoms with E-state index in [-0.39, 0.29) is 18.3 Å². The van der Waals surface area contributed by atoms with Crippen LogP contribution in [0.1, 0.15) is 25.3 Å². The molecule has 3 aromatic rings. The van der Waals surface area contributed by atoms with Crippen LogP contribution in [0.3, 0.4) is 0 Å². The van der Waals surface area contributed by atoms with Gasteiger partial charge in [0.1, 0.15) is 5.54 Å². The highest BCUT2D eigenvalue weighted by molar-refractivity contribution is 5.86. The Morgan fingerprint density at radius 3 is 2.57 bits per heavy atom. The van der Waals surface area contributed by atoms with Gasteiger partial charge in [0.15, 0.2) is 0 Å². The summed E-state index contributed by atoms with van der Waals surface area (Å²) in [6.07, 6.45) is 5.22. The van der Waals surface area contributed by atoms with Gasteiger partial charge in [0.05, 0.1) is 0 Å². The van der Waals surface area contributed by atoms with E-state index in [0.717, 1.165) is 31.5 Å². The van der Waals surface area contributed by atoms with Crippen LogP contribution >= 0.6 is 12.4 Å². The van der Waals surface area contributed by atoms with E-state index in [1.807, 2.05) is 21.8 Å². The minimum Gasteiger partial charge on any atom is -0.337 e. The Bertz CT molecular complexity index is 919. The number of nitrogens with zero attached hydrogens (tertiary/aromatic N) is 3. The summed E-state index contributed by atoms with van der Waals surface area (Å²) in [5, 5.41) is 10.2. The lowest BCUT2D eigenvalue weighted by atomic mass is 9.86. The van der Waals surface area contributed by atoms with Gasteiger partial charge in [-0.2, -0.15) is 5.10 Å². The monoisotopic (exact) mass is 398 g/mol. The number of likely N-dealkylation sites (N-methyl/N-ethyl adjacent to an activating group) is 1. The third-order valence-corrected chi connectivity index (χ3v) is 5.63. The van der Waals surface area contributed by atoms with Crippen molar-refractivity contribution in [2.75, 3.05) is 19.6 Å². The first-order valence-corrected chi connectivity index (χ1v) is 9.71. The molecule has 0 radical (unpaired) electrons. The molecule has 1 amide bonds. The van der Waals surface area contributed by atoms with Crippen LogP contribution in [0.4, 0.5) is 0 Å². The summed E-state index contributed by atoms with van der Waals surface area (Å²) in [7, 11) is 0. The fraction of sp³-hybridized carbons (Fsp3) is 0.364. The van der Waals surface area contributed by atoms with E-state index in [4.69, 9.17) is 0 Å². The first-order valence-electron chi connectivity index (χ1n) is 9.71. The van der Waals surface area contributed by atoms with Crippen molar-refractivity contribution in [3.63, 3.8) is 0 Å². The van der Waals surface area contributed by atoms with Gasteiger partial charge in [-0.15, -0.1) is 12.4 Å². The summed E-state index contributed by atoms with van der Waals surface area (Å²) in [5.74, 6) is 0.170. The average Bonchev–Trinajstić information content (AvgIpc) is 3.27. The molecule has 28 heavy (non-hydrogen) atoms. The summed E-state index contributed by atoms with van der Waals surface area (Å²) in [6, 6.07) is 16.7. The number of rotatable bonds is 5. The lowest BCUT2D eigenvalue weighted by molar-refractivity contribution is -0.143. The third-order valence-electron chi connectivity index (χ3n) is 5.63. The summed E-state index contributed by atoms with van der Waals surface area (Å²) >= 11 is 0. The van der Waals surface area contributed by atoms with Gasteiger partial charge >= 0.3 is 0 Å². The van der Waals surface area contributed by atoms with Gasteiger partial charge in [-0.3, -0.25) is 9.48 Å². The highest BCUT2D eigenvalue weighted by atomic mass is 35.5. The summed E-state index contributed by atoms with van der Waals surface area (Å²) < 4.78 is 1.87. The number of hydrogen-bond acceptors (Lipinski definition) is 3. The molecule has 0 spiro atoms. The molecule has 2 aromatic carbocycles. The summed E-state index contributed by atoms with van der Waals surface area (Å²) in [6.45, 7) is 5.02. The zero-order valence-electron chi connectivity index (χ0n) is 16.2. The van der Waals surface area contributed by atoms with Crippen LogP contribution in [0, 0.1) is 0 Å². The molecule has 1 fully saturated rings. The summed E-state index contributed by atoms with van der Waals surface area (Å²) in [4.78, 5) is 15.6. The van der Waals surface area contributed by atoms with Crippen molar-refractivity contribution in [1.29, 1.82) is 0 Å². The predicted octanol–water partition coefficient (Wildman–Crippen LogP) is 3.59. The van der Waals surface area contributed by atoms with E-state index in [1.54, 1.807) is 6.20 Å². The van der Waals surface area contributed by atoms with Gasteiger partial charge in [0.25, 0.3) is 5.91 Å². The van der Waals surface area contributed by atoms with Gasteiger partial charge in [0, 0.05) is 25.5 Å². The van der Waals surface area contributed by atoms with E-state index < -0.39 is 5.54 Å². The molecule has 0 unspecified atom stereocenters. The first-order chi connectivity index (χ1) is 13.2. The lowest BCUT2D eigenvalue weighted by Gasteiger charge is -2.40. The molecule has 4 rings (SSSR count). The van der Waals surface area contributed by atoms with Gasteiger partial charge in [0.2, 0.25) is 0 Å². The number of hydrogen-bond donors (Lipinski definition) is 1. The lowest BCUT2D eigenvalue weighted by Crippen LogP contribution is -2.55.